The summed E-state index contributed by atoms with van der Waals surface area (Å²) in [5.41, 5.74) is 0.880. The third kappa shape index (κ3) is 4.15. The van der Waals surface area contributed by atoms with Crippen LogP contribution in [0.2, 0.25) is 0 Å². The molecule has 1 aromatic carbocycles. The number of piperidine rings is 1. The molecule has 1 amide bonds. The topological polar surface area (TPSA) is 84.3 Å². The summed E-state index contributed by atoms with van der Waals surface area (Å²) >= 11 is 0. The Bertz CT molecular complexity index is 536. The van der Waals surface area contributed by atoms with E-state index in [1.165, 1.54) is 6.07 Å². The van der Waals surface area contributed by atoms with Crippen LogP contribution in [-0.4, -0.2) is 30.0 Å². The minimum Gasteiger partial charge on any atom is -0.349 e. The number of rotatable bonds is 3. The molecule has 21 heavy (non-hydrogen) atoms. The van der Waals surface area contributed by atoms with Crippen molar-refractivity contribution < 1.29 is 9.72 Å². The molecule has 1 fully saturated rings. The lowest BCUT2D eigenvalue weighted by molar-refractivity contribution is -0.385. The van der Waals surface area contributed by atoms with Crippen molar-refractivity contribution >= 4 is 24.0 Å². The van der Waals surface area contributed by atoms with Gasteiger partial charge in [-0.15, -0.1) is 12.4 Å². The largest absolute Gasteiger partial charge is 0.349 e. The van der Waals surface area contributed by atoms with E-state index in [1.807, 2.05) is 0 Å². The first-order chi connectivity index (χ1) is 9.49. The van der Waals surface area contributed by atoms with Crippen molar-refractivity contribution in [2.75, 3.05) is 13.1 Å². The van der Waals surface area contributed by atoms with Gasteiger partial charge in [-0.25, -0.2) is 0 Å². The van der Waals surface area contributed by atoms with Gasteiger partial charge in [0.25, 0.3) is 11.6 Å². The lowest BCUT2D eigenvalue weighted by Gasteiger charge is -2.30. The summed E-state index contributed by atoms with van der Waals surface area (Å²) in [6.07, 6.45) is 0.876. The number of hydrogen-bond donors (Lipinski definition) is 2. The minimum absolute atomic E-state index is 0. The highest BCUT2D eigenvalue weighted by molar-refractivity contribution is 5.95. The first-order valence-electron chi connectivity index (χ1n) is 6.75. The number of nitro groups is 1. The van der Waals surface area contributed by atoms with E-state index >= 15 is 0 Å². The van der Waals surface area contributed by atoms with Gasteiger partial charge in [-0.2, -0.15) is 0 Å². The number of nitro benzene ring substituents is 1. The molecule has 0 spiro atoms. The maximum Gasteiger partial charge on any atom is 0.273 e. The fraction of sp³-hybridized carbons (Fsp3) is 0.500. The van der Waals surface area contributed by atoms with Crippen LogP contribution in [-0.2, 0) is 0 Å². The number of nitrogens with one attached hydrogen (secondary N) is 2. The third-order valence-corrected chi connectivity index (χ3v) is 3.77. The highest BCUT2D eigenvalue weighted by Crippen LogP contribution is 2.20. The van der Waals surface area contributed by atoms with Gasteiger partial charge >= 0.3 is 0 Å². The van der Waals surface area contributed by atoms with Gasteiger partial charge in [0.05, 0.1) is 4.92 Å². The number of hydrogen-bond acceptors (Lipinski definition) is 4. The van der Waals surface area contributed by atoms with Crippen LogP contribution in [0.15, 0.2) is 18.2 Å². The van der Waals surface area contributed by atoms with E-state index in [2.05, 4.69) is 17.6 Å². The molecule has 1 aliphatic rings. The monoisotopic (exact) mass is 313 g/mol. The number of benzene rings is 1. The van der Waals surface area contributed by atoms with Gasteiger partial charge in [0.1, 0.15) is 0 Å². The van der Waals surface area contributed by atoms with E-state index in [0.717, 1.165) is 19.5 Å². The average molecular weight is 314 g/mol. The molecular weight excluding hydrogens is 294 g/mol. The molecule has 2 rings (SSSR count). The second kappa shape index (κ2) is 7.38. The summed E-state index contributed by atoms with van der Waals surface area (Å²) in [7, 11) is 0. The zero-order chi connectivity index (χ0) is 14.7. The molecule has 1 aliphatic heterocycles. The lowest BCUT2D eigenvalue weighted by Crippen LogP contribution is -2.48. The van der Waals surface area contributed by atoms with Crippen LogP contribution >= 0.6 is 12.4 Å². The molecular formula is C14H20ClN3O3. The summed E-state index contributed by atoms with van der Waals surface area (Å²) in [5.74, 6) is 0.111. The fourth-order valence-corrected chi connectivity index (χ4v) is 2.43. The standard InChI is InChI=1S/C14H19N3O3.ClH/c1-9-3-4-11(7-13(9)17(19)20)14(18)16-12-5-6-15-8-10(12)2;/h3-4,7,10,12,15H,5-6,8H2,1-2H3,(H,16,18);1H. The summed E-state index contributed by atoms with van der Waals surface area (Å²) < 4.78 is 0. The number of halogens is 1. The zero-order valence-electron chi connectivity index (χ0n) is 12.1. The molecule has 2 N–H and O–H groups in total. The van der Waals surface area contributed by atoms with Crippen molar-refractivity contribution in [3.63, 3.8) is 0 Å². The van der Waals surface area contributed by atoms with E-state index in [9.17, 15) is 14.9 Å². The first kappa shape index (κ1) is 17.4. The Labute approximate surface area is 129 Å². The maximum absolute atomic E-state index is 12.2. The van der Waals surface area contributed by atoms with Crippen molar-refractivity contribution in [3.8, 4) is 0 Å². The van der Waals surface area contributed by atoms with Crippen LogP contribution in [0.5, 0.6) is 0 Å². The Balaban J connectivity index is 0.00000220. The molecule has 2 unspecified atom stereocenters. The predicted molar refractivity (Wildman–Crippen MR) is 83.0 cm³/mol. The number of aryl methyl sites for hydroxylation is 1. The lowest BCUT2D eigenvalue weighted by atomic mass is 9.95. The second-order valence-electron chi connectivity index (χ2n) is 5.31. The number of amides is 1. The highest BCUT2D eigenvalue weighted by Gasteiger charge is 2.24. The normalized spacial score (nSPS) is 21.2. The predicted octanol–water partition coefficient (Wildman–Crippen LogP) is 2.05. The van der Waals surface area contributed by atoms with Crippen LogP contribution in [0.25, 0.3) is 0 Å². The molecule has 0 saturated carbocycles. The molecule has 0 aliphatic carbocycles. The molecule has 1 saturated heterocycles. The Kier molecular flexibility index (Phi) is 6.11. The van der Waals surface area contributed by atoms with Gasteiger partial charge < -0.3 is 10.6 Å². The van der Waals surface area contributed by atoms with Crippen molar-refractivity contribution in [2.45, 2.75) is 26.3 Å². The third-order valence-electron chi connectivity index (χ3n) is 3.77. The van der Waals surface area contributed by atoms with Crippen LogP contribution in [0, 0.1) is 23.0 Å². The average Bonchev–Trinajstić information content (AvgIpc) is 2.41. The molecule has 2 atom stereocenters. The maximum atomic E-state index is 12.2. The zero-order valence-corrected chi connectivity index (χ0v) is 12.9. The number of nitrogens with zero attached hydrogens (tertiary/aromatic N) is 1. The molecule has 7 heteroatoms. The second-order valence-corrected chi connectivity index (χ2v) is 5.31. The molecule has 0 aromatic heterocycles. The van der Waals surface area contributed by atoms with Gasteiger partial charge in [-0.3, -0.25) is 14.9 Å². The molecule has 1 heterocycles. The summed E-state index contributed by atoms with van der Waals surface area (Å²) in [6.45, 7) is 5.49. The Hall–Kier alpha value is -1.66. The van der Waals surface area contributed by atoms with Crippen LogP contribution in [0.3, 0.4) is 0 Å². The fourth-order valence-electron chi connectivity index (χ4n) is 2.43. The van der Waals surface area contributed by atoms with Gasteiger partial charge in [0, 0.05) is 23.2 Å². The van der Waals surface area contributed by atoms with Crippen LogP contribution in [0.4, 0.5) is 5.69 Å². The van der Waals surface area contributed by atoms with Crippen molar-refractivity contribution in [3.05, 3.63) is 39.4 Å². The van der Waals surface area contributed by atoms with Crippen LogP contribution < -0.4 is 10.6 Å². The van der Waals surface area contributed by atoms with Crippen molar-refractivity contribution in [2.24, 2.45) is 5.92 Å². The Morgan fingerprint density at radius 2 is 2.19 bits per heavy atom. The smallest absolute Gasteiger partial charge is 0.273 e. The first-order valence-corrected chi connectivity index (χ1v) is 6.75. The Morgan fingerprint density at radius 1 is 1.48 bits per heavy atom. The van der Waals surface area contributed by atoms with Gasteiger partial charge in [0.2, 0.25) is 0 Å². The number of carbonyl (C=O) groups excluding carboxylic acids is 1. The number of carbonyl (C=O) groups is 1. The van der Waals surface area contributed by atoms with E-state index in [4.69, 9.17) is 0 Å². The molecule has 1 aromatic rings. The van der Waals surface area contributed by atoms with Crippen molar-refractivity contribution in [1.29, 1.82) is 0 Å². The summed E-state index contributed by atoms with van der Waals surface area (Å²) in [6, 6.07) is 4.70. The van der Waals surface area contributed by atoms with Gasteiger partial charge in [-0.05, 0) is 38.4 Å². The minimum atomic E-state index is -0.459. The SMILES string of the molecule is Cc1ccc(C(=O)NC2CCNCC2C)cc1[N+](=O)[O-].Cl. The molecule has 116 valence electrons. The summed E-state index contributed by atoms with van der Waals surface area (Å²) in [5, 5.41) is 17.1. The molecule has 0 radical (unpaired) electrons. The Morgan fingerprint density at radius 3 is 2.81 bits per heavy atom. The quantitative estimate of drug-likeness (QED) is 0.661. The highest BCUT2D eigenvalue weighted by atomic mass is 35.5. The van der Waals surface area contributed by atoms with E-state index in [-0.39, 0.29) is 30.0 Å². The molecule has 0 bridgehead atoms. The van der Waals surface area contributed by atoms with E-state index < -0.39 is 4.92 Å². The summed E-state index contributed by atoms with van der Waals surface area (Å²) in [4.78, 5) is 22.6. The van der Waals surface area contributed by atoms with Crippen molar-refractivity contribution in [1.82, 2.24) is 10.6 Å². The van der Waals surface area contributed by atoms with Gasteiger partial charge in [-0.1, -0.05) is 13.0 Å². The molecule has 6 nitrogen and oxygen atoms in total. The van der Waals surface area contributed by atoms with E-state index in [1.54, 1.807) is 19.1 Å². The van der Waals surface area contributed by atoms with Crippen LogP contribution in [0.1, 0.15) is 29.3 Å². The van der Waals surface area contributed by atoms with E-state index in [0.29, 0.717) is 17.0 Å². The van der Waals surface area contributed by atoms with Gasteiger partial charge in [0.15, 0.2) is 0 Å².